The van der Waals surface area contributed by atoms with Crippen molar-refractivity contribution < 1.29 is 0 Å². The predicted molar refractivity (Wildman–Crippen MR) is 63.5 cm³/mol. The Bertz CT molecular complexity index is 149. The average Bonchev–Trinajstić information content (AvgIpc) is 2.10. The van der Waals surface area contributed by atoms with Crippen molar-refractivity contribution in [2.24, 2.45) is 11.3 Å². The Kier molecular flexibility index (Phi) is 4.94. The Morgan fingerprint density at radius 1 is 1.21 bits per heavy atom. The largest absolute Gasteiger partial charge is 0.316 e. The van der Waals surface area contributed by atoms with E-state index >= 15 is 0 Å². The SMILES string of the molecule is CCCNCC1(C(C)CCC)CCC1. The molecule has 1 unspecified atom stereocenters. The summed E-state index contributed by atoms with van der Waals surface area (Å²) >= 11 is 0. The molecule has 1 aliphatic carbocycles. The lowest BCUT2D eigenvalue weighted by molar-refractivity contribution is 0.0530. The molecule has 0 spiro atoms. The van der Waals surface area contributed by atoms with Crippen LogP contribution in [0.25, 0.3) is 0 Å². The Hall–Kier alpha value is -0.0400. The molecular weight excluding hydrogens is 170 g/mol. The van der Waals surface area contributed by atoms with Gasteiger partial charge in [0.25, 0.3) is 0 Å². The third-order valence-corrected chi connectivity index (χ3v) is 4.02. The highest BCUT2D eigenvalue weighted by Gasteiger charge is 2.40. The lowest BCUT2D eigenvalue weighted by Gasteiger charge is -2.47. The van der Waals surface area contributed by atoms with Gasteiger partial charge in [0.1, 0.15) is 0 Å². The molecule has 1 heteroatoms. The molecule has 0 aromatic heterocycles. The van der Waals surface area contributed by atoms with Gasteiger partial charge < -0.3 is 5.32 Å². The van der Waals surface area contributed by atoms with E-state index in [0.29, 0.717) is 5.41 Å². The minimum Gasteiger partial charge on any atom is -0.316 e. The Morgan fingerprint density at radius 2 is 1.93 bits per heavy atom. The van der Waals surface area contributed by atoms with E-state index < -0.39 is 0 Å². The van der Waals surface area contributed by atoms with Gasteiger partial charge in [0, 0.05) is 6.54 Å². The van der Waals surface area contributed by atoms with Crippen LogP contribution >= 0.6 is 0 Å². The van der Waals surface area contributed by atoms with E-state index in [1.807, 2.05) is 0 Å². The van der Waals surface area contributed by atoms with E-state index in [4.69, 9.17) is 0 Å². The van der Waals surface area contributed by atoms with Gasteiger partial charge in [0.2, 0.25) is 0 Å². The fraction of sp³-hybridized carbons (Fsp3) is 1.00. The van der Waals surface area contributed by atoms with Gasteiger partial charge in [-0.25, -0.2) is 0 Å². The van der Waals surface area contributed by atoms with Crippen molar-refractivity contribution in [3.05, 3.63) is 0 Å². The second-order valence-corrected chi connectivity index (χ2v) is 5.08. The van der Waals surface area contributed by atoms with Gasteiger partial charge in [0.15, 0.2) is 0 Å². The lowest BCUT2D eigenvalue weighted by atomic mass is 9.60. The first-order valence-electron chi connectivity index (χ1n) is 6.46. The smallest absolute Gasteiger partial charge is 0.00104 e. The van der Waals surface area contributed by atoms with Crippen molar-refractivity contribution >= 4 is 0 Å². The van der Waals surface area contributed by atoms with Crippen LogP contribution in [0.4, 0.5) is 0 Å². The Morgan fingerprint density at radius 3 is 2.36 bits per heavy atom. The molecule has 84 valence electrons. The molecule has 0 aromatic rings. The molecule has 1 rings (SSSR count). The predicted octanol–water partition coefficient (Wildman–Crippen LogP) is 3.59. The van der Waals surface area contributed by atoms with Crippen molar-refractivity contribution in [2.45, 2.75) is 59.3 Å². The monoisotopic (exact) mass is 197 g/mol. The van der Waals surface area contributed by atoms with E-state index in [1.165, 1.54) is 51.6 Å². The van der Waals surface area contributed by atoms with Gasteiger partial charge in [-0.05, 0) is 37.1 Å². The first-order chi connectivity index (χ1) is 6.75. The summed E-state index contributed by atoms with van der Waals surface area (Å²) in [5.74, 6) is 0.922. The molecule has 0 saturated heterocycles. The highest BCUT2D eigenvalue weighted by atomic mass is 14.9. The van der Waals surface area contributed by atoms with Gasteiger partial charge in [-0.3, -0.25) is 0 Å². The summed E-state index contributed by atoms with van der Waals surface area (Å²) in [6.45, 7) is 9.47. The topological polar surface area (TPSA) is 12.0 Å². The first kappa shape index (κ1) is 12.0. The second kappa shape index (κ2) is 5.75. The fourth-order valence-corrected chi connectivity index (χ4v) is 2.73. The van der Waals surface area contributed by atoms with E-state index in [1.54, 1.807) is 0 Å². The molecule has 0 radical (unpaired) electrons. The zero-order valence-electron chi connectivity index (χ0n) is 10.2. The molecule has 1 nitrogen and oxygen atoms in total. The van der Waals surface area contributed by atoms with Crippen molar-refractivity contribution in [3.63, 3.8) is 0 Å². The van der Waals surface area contributed by atoms with Crippen LogP contribution in [0.5, 0.6) is 0 Å². The van der Waals surface area contributed by atoms with Crippen LogP contribution in [0.3, 0.4) is 0 Å². The quantitative estimate of drug-likeness (QED) is 0.615. The van der Waals surface area contributed by atoms with Crippen LogP contribution in [0.1, 0.15) is 59.3 Å². The number of rotatable bonds is 7. The van der Waals surface area contributed by atoms with Crippen molar-refractivity contribution in [1.29, 1.82) is 0 Å². The zero-order chi connectivity index (χ0) is 10.4. The van der Waals surface area contributed by atoms with Crippen LogP contribution in [0.2, 0.25) is 0 Å². The highest BCUT2D eigenvalue weighted by Crippen LogP contribution is 2.48. The summed E-state index contributed by atoms with van der Waals surface area (Å²) in [7, 11) is 0. The van der Waals surface area contributed by atoms with Crippen LogP contribution in [0.15, 0.2) is 0 Å². The molecular formula is C13H27N. The molecule has 14 heavy (non-hydrogen) atoms. The maximum absolute atomic E-state index is 3.62. The fourth-order valence-electron chi connectivity index (χ4n) is 2.73. The van der Waals surface area contributed by atoms with Crippen molar-refractivity contribution in [3.8, 4) is 0 Å². The van der Waals surface area contributed by atoms with E-state index in [9.17, 15) is 0 Å². The summed E-state index contributed by atoms with van der Waals surface area (Å²) < 4.78 is 0. The summed E-state index contributed by atoms with van der Waals surface area (Å²) in [4.78, 5) is 0. The zero-order valence-corrected chi connectivity index (χ0v) is 10.2. The average molecular weight is 197 g/mol. The molecule has 1 N–H and O–H groups in total. The Labute approximate surface area is 89.7 Å². The van der Waals surface area contributed by atoms with Crippen LogP contribution < -0.4 is 5.32 Å². The molecule has 1 aliphatic rings. The van der Waals surface area contributed by atoms with Gasteiger partial charge in [-0.2, -0.15) is 0 Å². The van der Waals surface area contributed by atoms with Crippen LogP contribution in [0, 0.1) is 11.3 Å². The minimum atomic E-state index is 0.672. The van der Waals surface area contributed by atoms with E-state index in [-0.39, 0.29) is 0 Å². The Balaban J connectivity index is 2.32. The maximum atomic E-state index is 3.62. The number of nitrogens with one attached hydrogen (secondary N) is 1. The lowest BCUT2D eigenvalue weighted by Crippen LogP contribution is -2.44. The minimum absolute atomic E-state index is 0.672. The summed E-state index contributed by atoms with van der Waals surface area (Å²) in [5, 5.41) is 3.62. The molecule has 0 bridgehead atoms. The number of hydrogen-bond donors (Lipinski definition) is 1. The summed E-state index contributed by atoms with van der Waals surface area (Å²) in [5.41, 5.74) is 0.672. The van der Waals surface area contributed by atoms with Gasteiger partial charge in [-0.15, -0.1) is 0 Å². The molecule has 1 atom stereocenters. The molecule has 1 fully saturated rings. The molecule has 0 amide bonds. The van der Waals surface area contributed by atoms with Crippen LogP contribution in [-0.4, -0.2) is 13.1 Å². The second-order valence-electron chi connectivity index (χ2n) is 5.08. The first-order valence-corrected chi connectivity index (χ1v) is 6.46. The van der Waals surface area contributed by atoms with Gasteiger partial charge in [0.05, 0.1) is 0 Å². The van der Waals surface area contributed by atoms with E-state index in [0.717, 1.165) is 5.92 Å². The number of hydrogen-bond acceptors (Lipinski definition) is 1. The van der Waals surface area contributed by atoms with Crippen molar-refractivity contribution in [1.82, 2.24) is 5.32 Å². The summed E-state index contributed by atoms with van der Waals surface area (Å²) in [6.07, 6.45) is 8.40. The molecule has 0 aliphatic heterocycles. The molecule has 0 aromatic carbocycles. The highest BCUT2D eigenvalue weighted by molar-refractivity contribution is 4.93. The summed E-state index contributed by atoms with van der Waals surface area (Å²) in [6, 6.07) is 0. The standard InChI is InChI=1S/C13H27N/c1-4-7-12(3)13(8-6-9-13)11-14-10-5-2/h12,14H,4-11H2,1-3H3. The van der Waals surface area contributed by atoms with Crippen LogP contribution in [-0.2, 0) is 0 Å². The van der Waals surface area contributed by atoms with Gasteiger partial charge >= 0.3 is 0 Å². The van der Waals surface area contributed by atoms with Crippen molar-refractivity contribution in [2.75, 3.05) is 13.1 Å². The molecule has 1 saturated carbocycles. The van der Waals surface area contributed by atoms with E-state index in [2.05, 4.69) is 26.1 Å². The molecule has 0 heterocycles. The maximum Gasteiger partial charge on any atom is 0.00104 e. The normalized spacial score (nSPS) is 21.6. The van der Waals surface area contributed by atoms with Gasteiger partial charge in [-0.1, -0.05) is 40.0 Å². The third-order valence-electron chi connectivity index (χ3n) is 4.02. The third kappa shape index (κ3) is 2.73.